The lowest BCUT2D eigenvalue weighted by Crippen LogP contribution is -2.42. The average molecular weight is 282 g/mol. The van der Waals surface area contributed by atoms with Crippen molar-refractivity contribution in [2.24, 2.45) is 0 Å². The Balaban J connectivity index is 1.89. The summed E-state index contributed by atoms with van der Waals surface area (Å²) in [6.45, 7) is 8.84. The lowest BCUT2D eigenvalue weighted by atomic mass is 10.0. The number of benzene rings is 2. The zero-order valence-electron chi connectivity index (χ0n) is 13.3. The molecule has 0 atom stereocenters. The first-order valence-corrected chi connectivity index (χ1v) is 7.69. The summed E-state index contributed by atoms with van der Waals surface area (Å²) < 4.78 is 0. The summed E-state index contributed by atoms with van der Waals surface area (Å²) in [4.78, 5) is 2.47. The molecule has 0 aromatic heterocycles. The van der Waals surface area contributed by atoms with Crippen LogP contribution in [0.25, 0.3) is 0 Å². The predicted octanol–water partition coefficient (Wildman–Crippen LogP) is 4.79. The third-order valence-corrected chi connectivity index (χ3v) is 3.54. The van der Waals surface area contributed by atoms with Gasteiger partial charge in [0.05, 0.1) is 0 Å². The second-order valence-electron chi connectivity index (χ2n) is 6.30. The molecule has 0 saturated heterocycles. The first-order valence-electron chi connectivity index (χ1n) is 7.69. The van der Waals surface area contributed by atoms with Crippen LogP contribution in [-0.2, 0) is 0 Å². The molecule has 2 aromatic rings. The van der Waals surface area contributed by atoms with Crippen molar-refractivity contribution in [3.05, 3.63) is 60.7 Å². The van der Waals surface area contributed by atoms with Crippen molar-refractivity contribution in [2.45, 2.75) is 32.7 Å². The number of hydrogen-bond donors (Lipinski definition) is 1. The number of hydrogen-bond acceptors (Lipinski definition) is 2. The van der Waals surface area contributed by atoms with Gasteiger partial charge in [-0.2, -0.15) is 0 Å². The van der Waals surface area contributed by atoms with Gasteiger partial charge in [-0.3, -0.25) is 0 Å². The highest BCUT2D eigenvalue weighted by molar-refractivity contribution is 5.48. The van der Waals surface area contributed by atoms with Crippen LogP contribution in [0.1, 0.15) is 27.2 Å². The van der Waals surface area contributed by atoms with Gasteiger partial charge in [0.15, 0.2) is 0 Å². The molecule has 1 N–H and O–H groups in total. The summed E-state index contributed by atoms with van der Waals surface area (Å²) in [6, 6.07) is 21.1. The van der Waals surface area contributed by atoms with Crippen LogP contribution in [0, 0.1) is 0 Å². The Labute approximate surface area is 128 Å². The molecule has 2 heteroatoms. The Bertz CT molecular complexity index is 514. The molecule has 21 heavy (non-hydrogen) atoms. The molecule has 0 bridgehead atoms. The fraction of sp³-hybridized carbons (Fsp3) is 0.368. The van der Waals surface area contributed by atoms with Crippen molar-refractivity contribution in [1.29, 1.82) is 0 Å². The summed E-state index contributed by atoms with van der Waals surface area (Å²) in [5.74, 6) is 0. The number of nitrogens with one attached hydrogen (secondary N) is 1. The molecule has 0 unspecified atom stereocenters. The van der Waals surface area contributed by atoms with E-state index < -0.39 is 0 Å². The maximum atomic E-state index is 3.48. The van der Waals surface area contributed by atoms with E-state index in [4.69, 9.17) is 0 Å². The smallest absolute Gasteiger partial charge is 0.0370 e. The van der Waals surface area contributed by atoms with Crippen molar-refractivity contribution in [3.8, 4) is 0 Å². The van der Waals surface area contributed by atoms with Crippen molar-refractivity contribution >= 4 is 11.4 Å². The first kappa shape index (κ1) is 15.4. The SMILES string of the molecule is CC(C)(C)N(CCCNc1ccccc1)c1ccccc1. The van der Waals surface area contributed by atoms with Gasteiger partial charge < -0.3 is 10.2 Å². The highest BCUT2D eigenvalue weighted by atomic mass is 15.2. The maximum Gasteiger partial charge on any atom is 0.0370 e. The summed E-state index contributed by atoms with van der Waals surface area (Å²) >= 11 is 0. The molecule has 0 aliphatic carbocycles. The minimum atomic E-state index is 0.133. The van der Waals surface area contributed by atoms with Gasteiger partial charge in [-0.1, -0.05) is 36.4 Å². The molecule has 0 aliphatic heterocycles. The molecule has 0 aliphatic rings. The van der Waals surface area contributed by atoms with E-state index in [9.17, 15) is 0 Å². The van der Waals surface area contributed by atoms with Crippen molar-refractivity contribution in [3.63, 3.8) is 0 Å². The fourth-order valence-electron chi connectivity index (χ4n) is 2.49. The van der Waals surface area contributed by atoms with Gasteiger partial charge in [-0.25, -0.2) is 0 Å². The van der Waals surface area contributed by atoms with E-state index in [-0.39, 0.29) is 5.54 Å². The van der Waals surface area contributed by atoms with Crippen LogP contribution >= 0.6 is 0 Å². The Morgan fingerprint density at radius 2 is 1.43 bits per heavy atom. The van der Waals surface area contributed by atoms with Gasteiger partial charge in [0.25, 0.3) is 0 Å². The van der Waals surface area contributed by atoms with Crippen LogP contribution < -0.4 is 10.2 Å². The number of anilines is 2. The third kappa shape index (κ3) is 4.82. The van der Waals surface area contributed by atoms with Crippen molar-refractivity contribution in [2.75, 3.05) is 23.3 Å². The van der Waals surface area contributed by atoms with E-state index in [0.717, 1.165) is 19.5 Å². The largest absolute Gasteiger partial charge is 0.385 e. The van der Waals surface area contributed by atoms with Gasteiger partial charge >= 0.3 is 0 Å². The minimum Gasteiger partial charge on any atom is -0.385 e. The molecule has 0 radical (unpaired) electrons. The quantitative estimate of drug-likeness (QED) is 0.766. The lowest BCUT2D eigenvalue weighted by Gasteiger charge is -2.38. The van der Waals surface area contributed by atoms with E-state index in [1.165, 1.54) is 11.4 Å². The molecule has 0 fully saturated rings. The molecule has 2 nitrogen and oxygen atoms in total. The van der Waals surface area contributed by atoms with Crippen LogP contribution in [0.3, 0.4) is 0 Å². The van der Waals surface area contributed by atoms with Gasteiger partial charge in [0, 0.05) is 30.0 Å². The topological polar surface area (TPSA) is 15.3 Å². The van der Waals surface area contributed by atoms with Crippen LogP contribution in [0.4, 0.5) is 11.4 Å². The number of nitrogens with zero attached hydrogens (tertiary/aromatic N) is 1. The minimum absolute atomic E-state index is 0.133. The molecule has 2 rings (SSSR count). The summed E-state index contributed by atoms with van der Waals surface area (Å²) in [5, 5.41) is 3.48. The summed E-state index contributed by atoms with van der Waals surface area (Å²) in [6.07, 6.45) is 1.11. The summed E-state index contributed by atoms with van der Waals surface area (Å²) in [5.41, 5.74) is 2.62. The second-order valence-corrected chi connectivity index (χ2v) is 6.30. The maximum absolute atomic E-state index is 3.48. The van der Waals surface area contributed by atoms with Crippen LogP contribution in [0.15, 0.2) is 60.7 Å². The highest BCUT2D eigenvalue weighted by Crippen LogP contribution is 2.23. The molecular formula is C19H26N2. The number of para-hydroxylation sites is 2. The zero-order chi connectivity index (χ0) is 15.1. The van der Waals surface area contributed by atoms with Crippen molar-refractivity contribution in [1.82, 2.24) is 0 Å². The molecule has 112 valence electrons. The standard InChI is InChI=1S/C19H26N2/c1-19(2,3)21(18-13-8-5-9-14-18)16-10-15-20-17-11-6-4-7-12-17/h4-9,11-14,20H,10,15-16H2,1-3H3. The van der Waals surface area contributed by atoms with Crippen molar-refractivity contribution < 1.29 is 0 Å². The average Bonchev–Trinajstić information content (AvgIpc) is 2.48. The molecule has 0 heterocycles. The Kier molecular flexibility index (Phi) is 5.26. The molecule has 2 aromatic carbocycles. The Morgan fingerprint density at radius 1 is 0.857 bits per heavy atom. The molecular weight excluding hydrogens is 256 g/mol. The normalized spacial score (nSPS) is 11.2. The monoisotopic (exact) mass is 282 g/mol. The van der Waals surface area contributed by atoms with E-state index in [2.05, 4.69) is 85.6 Å². The Hall–Kier alpha value is -1.96. The molecule has 0 amide bonds. The van der Waals surface area contributed by atoms with Gasteiger partial charge in [-0.15, -0.1) is 0 Å². The van der Waals surface area contributed by atoms with Crippen LogP contribution in [0.5, 0.6) is 0 Å². The third-order valence-electron chi connectivity index (χ3n) is 3.54. The van der Waals surface area contributed by atoms with Gasteiger partial charge in [0.2, 0.25) is 0 Å². The van der Waals surface area contributed by atoms with Gasteiger partial charge in [-0.05, 0) is 51.5 Å². The van der Waals surface area contributed by atoms with Crippen LogP contribution in [0.2, 0.25) is 0 Å². The van der Waals surface area contributed by atoms with E-state index in [0.29, 0.717) is 0 Å². The summed E-state index contributed by atoms with van der Waals surface area (Å²) in [7, 11) is 0. The second kappa shape index (κ2) is 7.16. The number of rotatable bonds is 6. The Morgan fingerprint density at radius 3 is 2.00 bits per heavy atom. The fourth-order valence-corrected chi connectivity index (χ4v) is 2.49. The lowest BCUT2D eigenvalue weighted by molar-refractivity contribution is 0.499. The highest BCUT2D eigenvalue weighted by Gasteiger charge is 2.20. The van der Waals surface area contributed by atoms with Crippen LogP contribution in [-0.4, -0.2) is 18.6 Å². The predicted molar refractivity (Wildman–Crippen MR) is 93.1 cm³/mol. The zero-order valence-corrected chi connectivity index (χ0v) is 13.3. The van der Waals surface area contributed by atoms with E-state index in [1.807, 2.05) is 6.07 Å². The van der Waals surface area contributed by atoms with E-state index >= 15 is 0 Å². The van der Waals surface area contributed by atoms with E-state index in [1.54, 1.807) is 0 Å². The first-order chi connectivity index (χ1) is 10.1. The molecule has 0 spiro atoms. The van der Waals surface area contributed by atoms with Gasteiger partial charge in [0.1, 0.15) is 0 Å². The molecule has 0 saturated carbocycles.